The Morgan fingerprint density at radius 1 is 1.33 bits per heavy atom. The number of nitrogens with zero attached hydrogens (tertiary/aromatic N) is 2. The van der Waals surface area contributed by atoms with Crippen LogP contribution in [0.5, 0.6) is 5.75 Å². The molecule has 0 saturated carbocycles. The van der Waals surface area contributed by atoms with Crippen LogP contribution in [0.1, 0.15) is 33.6 Å². The van der Waals surface area contributed by atoms with Gasteiger partial charge in [-0.3, -0.25) is 0 Å². The average molecular weight is 300 g/mol. The van der Waals surface area contributed by atoms with E-state index >= 15 is 0 Å². The second-order valence-electron chi connectivity index (χ2n) is 4.96. The van der Waals surface area contributed by atoms with Crippen LogP contribution in [0, 0.1) is 25.2 Å². The molecule has 0 saturated heterocycles. The molecule has 0 aliphatic carbocycles. The van der Waals surface area contributed by atoms with E-state index in [9.17, 15) is 0 Å². The quantitative estimate of drug-likeness (QED) is 0.809. The lowest BCUT2D eigenvalue weighted by Crippen LogP contribution is -2.03. The number of aryl methyl sites for hydroxylation is 2. The van der Waals surface area contributed by atoms with Crippen molar-refractivity contribution in [3.05, 3.63) is 44.9 Å². The molecule has 1 aromatic carbocycles. The molecule has 0 N–H and O–H groups in total. The molecule has 0 radical (unpaired) electrons. The van der Waals surface area contributed by atoms with Crippen molar-refractivity contribution in [3.63, 3.8) is 0 Å². The molecule has 0 bridgehead atoms. The molecule has 4 heteroatoms. The molecule has 2 rings (SSSR count). The third-order valence-electron chi connectivity index (χ3n) is 3.53. The van der Waals surface area contributed by atoms with E-state index in [0.717, 1.165) is 34.2 Å². The monoisotopic (exact) mass is 300 g/mol. The zero-order valence-corrected chi connectivity index (χ0v) is 13.6. The Labute approximate surface area is 130 Å². The molecule has 1 heterocycles. The number of aromatic nitrogens is 1. The molecule has 0 spiro atoms. The van der Waals surface area contributed by atoms with E-state index < -0.39 is 0 Å². The lowest BCUT2D eigenvalue weighted by molar-refractivity contribution is 0.319. The van der Waals surface area contributed by atoms with Crippen molar-refractivity contribution in [3.8, 4) is 11.8 Å². The number of nitriles is 1. The minimum atomic E-state index is 0.457. The largest absolute Gasteiger partial charge is 0.493 e. The summed E-state index contributed by atoms with van der Waals surface area (Å²) in [7, 11) is 0. The van der Waals surface area contributed by atoms with Gasteiger partial charge in [-0.1, -0.05) is 19.1 Å². The molecule has 1 aromatic heterocycles. The van der Waals surface area contributed by atoms with Crippen LogP contribution in [-0.2, 0) is 19.3 Å². The first kappa shape index (κ1) is 15.5. The van der Waals surface area contributed by atoms with E-state index in [1.54, 1.807) is 11.3 Å². The summed E-state index contributed by atoms with van der Waals surface area (Å²) in [5.41, 5.74) is 3.49. The molecule has 110 valence electrons. The third-order valence-corrected chi connectivity index (χ3v) is 4.68. The molecule has 0 aliphatic heterocycles. The van der Waals surface area contributed by atoms with Crippen molar-refractivity contribution in [1.82, 2.24) is 4.98 Å². The first-order chi connectivity index (χ1) is 10.2. The van der Waals surface area contributed by atoms with Crippen molar-refractivity contribution in [2.45, 2.75) is 40.0 Å². The van der Waals surface area contributed by atoms with Crippen LogP contribution >= 0.6 is 11.3 Å². The highest BCUT2D eigenvalue weighted by Gasteiger charge is 2.10. The standard InChI is InChI=1S/C17H20N2OS/c1-4-14-16(8-10-18)21-17(19-14)9-11-20-15-7-5-6-12(2)13(15)3/h5-7H,4,8-9,11H2,1-3H3. The van der Waals surface area contributed by atoms with Crippen molar-refractivity contribution in [1.29, 1.82) is 5.26 Å². The van der Waals surface area contributed by atoms with Gasteiger partial charge in [0.25, 0.3) is 0 Å². The number of hydrogen-bond donors (Lipinski definition) is 0. The molecule has 0 unspecified atom stereocenters. The molecule has 0 atom stereocenters. The number of hydrogen-bond acceptors (Lipinski definition) is 4. The Balaban J connectivity index is 1.97. The number of ether oxygens (including phenoxy) is 1. The lowest BCUT2D eigenvalue weighted by atomic mass is 10.1. The summed E-state index contributed by atoms with van der Waals surface area (Å²) in [6.45, 7) is 6.86. The van der Waals surface area contributed by atoms with Gasteiger partial charge in [-0.05, 0) is 37.5 Å². The van der Waals surface area contributed by atoms with Gasteiger partial charge in [0, 0.05) is 11.3 Å². The second-order valence-corrected chi connectivity index (χ2v) is 6.13. The van der Waals surface area contributed by atoms with Crippen molar-refractivity contribution in [2.24, 2.45) is 0 Å². The first-order valence-corrected chi connectivity index (χ1v) is 8.00. The Morgan fingerprint density at radius 2 is 2.14 bits per heavy atom. The van der Waals surface area contributed by atoms with Crippen LogP contribution in [0.3, 0.4) is 0 Å². The minimum Gasteiger partial charge on any atom is -0.493 e. The number of rotatable bonds is 6. The van der Waals surface area contributed by atoms with E-state index in [1.165, 1.54) is 11.1 Å². The highest BCUT2D eigenvalue weighted by atomic mass is 32.1. The highest BCUT2D eigenvalue weighted by molar-refractivity contribution is 7.11. The summed E-state index contributed by atoms with van der Waals surface area (Å²) in [4.78, 5) is 5.70. The molecular weight excluding hydrogens is 280 g/mol. The Morgan fingerprint density at radius 3 is 2.86 bits per heavy atom. The summed E-state index contributed by atoms with van der Waals surface area (Å²) in [5.74, 6) is 0.944. The predicted octanol–water partition coefficient (Wildman–Crippen LogP) is 4.01. The van der Waals surface area contributed by atoms with Gasteiger partial charge < -0.3 is 4.74 Å². The van der Waals surface area contributed by atoms with Gasteiger partial charge in [-0.2, -0.15) is 5.26 Å². The zero-order chi connectivity index (χ0) is 15.2. The molecule has 0 aliphatic rings. The maximum atomic E-state index is 8.83. The van der Waals surface area contributed by atoms with E-state index in [4.69, 9.17) is 10.00 Å². The molecule has 2 aromatic rings. The van der Waals surface area contributed by atoms with Gasteiger partial charge in [-0.15, -0.1) is 11.3 Å². The maximum Gasteiger partial charge on any atom is 0.122 e. The SMILES string of the molecule is CCc1nc(CCOc2cccc(C)c2C)sc1CC#N. The molecule has 3 nitrogen and oxygen atoms in total. The smallest absolute Gasteiger partial charge is 0.122 e. The van der Waals surface area contributed by atoms with Gasteiger partial charge in [0.15, 0.2) is 0 Å². The summed E-state index contributed by atoms with van der Waals surface area (Å²) >= 11 is 1.64. The molecule has 0 fully saturated rings. The van der Waals surface area contributed by atoms with Crippen LogP contribution in [0.2, 0.25) is 0 Å². The molecular formula is C17H20N2OS. The molecule has 21 heavy (non-hydrogen) atoms. The minimum absolute atomic E-state index is 0.457. The topological polar surface area (TPSA) is 45.9 Å². The average Bonchev–Trinajstić information content (AvgIpc) is 2.86. The zero-order valence-electron chi connectivity index (χ0n) is 12.8. The second kappa shape index (κ2) is 7.24. The van der Waals surface area contributed by atoms with Gasteiger partial charge in [0.05, 0.1) is 29.8 Å². The summed E-state index contributed by atoms with van der Waals surface area (Å²) in [5, 5.41) is 9.89. The number of thiazole rings is 1. The normalized spacial score (nSPS) is 10.4. The highest BCUT2D eigenvalue weighted by Crippen LogP contribution is 2.23. The van der Waals surface area contributed by atoms with E-state index in [-0.39, 0.29) is 0 Å². The molecule has 0 amide bonds. The van der Waals surface area contributed by atoms with Gasteiger partial charge in [-0.25, -0.2) is 4.98 Å². The Hall–Kier alpha value is -1.86. The van der Waals surface area contributed by atoms with Crippen molar-refractivity contribution < 1.29 is 4.74 Å². The van der Waals surface area contributed by atoms with Gasteiger partial charge in [0.1, 0.15) is 5.75 Å². The maximum absolute atomic E-state index is 8.83. The van der Waals surface area contributed by atoms with Crippen LogP contribution < -0.4 is 4.74 Å². The number of benzene rings is 1. The van der Waals surface area contributed by atoms with Crippen LogP contribution in [-0.4, -0.2) is 11.6 Å². The third kappa shape index (κ3) is 3.83. The fraction of sp³-hybridized carbons (Fsp3) is 0.412. The summed E-state index contributed by atoms with van der Waals surface area (Å²) in [6.07, 6.45) is 2.13. The Bertz CT molecular complexity index is 655. The fourth-order valence-electron chi connectivity index (χ4n) is 2.16. The summed E-state index contributed by atoms with van der Waals surface area (Å²) < 4.78 is 5.87. The lowest BCUT2D eigenvalue weighted by Gasteiger charge is -2.09. The first-order valence-electron chi connectivity index (χ1n) is 7.19. The van der Waals surface area contributed by atoms with Crippen LogP contribution in [0.4, 0.5) is 0 Å². The van der Waals surface area contributed by atoms with Crippen molar-refractivity contribution in [2.75, 3.05) is 6.61 Å². The van der Waals surface area contributed by atoms with Crippen LogP contribution in [0.15, 0.2) is 18.2 Å². The van der Waals surface area contributed by atoms with E-state index in [2.05, 4.69) is 37.9 Å². The Kier molecular flexibility index (Phi) is 5.35. The predicted molar refractivity (Wildman–Crippen MR) is 85.9 cm³/mol. The van der Waals surface area contributed by atoms with Gasteiger partial charge in [0.2, 0.25) is 0 Å². The summed E-state index contributed by atoms with van der Waals surface area (Å²) in [6, 6.07) is 8.31. The van der Waals surface area contributed by atoms with Gasteiger partial charge >= 0.3 is 0 Å². The van der Waals surface area contributed by atoms with E-state index in [1.807, 2.05) is 12.1 Å². The van der Waals surface area contributed by atoms with Crippen LogP contribution in [0.25, 0.3) is 0 Å². The fourth-order valence-corrected chi connectivity index (χ4v) is 3.23. The van der Waals surface area contributed by atoms with Crippen molar-refractivity contribution >= 4 is 11.3 Å². The van der Waals surface area contributed by atoms with E-state index in [0.29, 0.717) is 13.0 Å².